The maximum Gasteiger partial charge on any atom is 0.180 e. The first-order valence-corrected chi connectivity index (χ1v) is 8.09. The van der Waals surface area contributed by atoms with E-state index in [1.54, 1.807) is 24.3 Å². The summed E-state index contributed by atoms with van der Waals surface area (Å²) in [6.07, 6.45) is 0. The van der Waals surface area contributed by atoms with Gasteiger partial charge in [-0.3, -0.25) is 14.6 Å². The van der Waals surface area contributed by atoms with Gasteiger partial charge in [-0.1, -0.05) is 33.6 Å². The molecule has 0 N–H and O–H groups in total. The van der Waals surface area contributed by atoms with E-state index in [9.17, 15) is 9.59 Å². The number of hydrogen-bond acceptors (Lipinski definition) is 3. The van der Waals surface area contributed by atoms with Gasteiger partial charge in [0.05, 0.1) is 11.2 Å². The first-order chi connectivity index (χ1) is 11.0. The lowest BCUT2D eigenvalue weighted by Crippen LogP contribution is -2.14. The third-order valence-corrected chi connectivity index (χ3v) is 4.69. The third-order valence-electron chi connectivity index (χ3n) is 4.20. The van der Waals surface area contributed by atoms with Gasteiger partial charge in [-0.2, -0.15) is 0 Å². The Labute approximate surface area is 141 Å². The fourth-order valence-electron chi connectivity index (χ4n) is 3.06. The van der Waals surface area contributed by atoms with E-state index in [1.165, 1.54) is 0 Å². The van der Waals surface area contributed by atoms with Crippen LogP contribution in [0.1, 0.15) is 37.9 Å². The molecule has 3 nitrogen and oxygen atoms in total. The molecule has 0 bridgehead atoms. The number of carbonyl (C=O) groups excluding carboxylic acids is 2. The minimum atomic E-state index is -0.829. The van der Waals surface area contributed by atoms with E-state index < -0.39 is 5.92 Å². The summed E-state index contributed by atoms with van der Waals surface area (Å²) in [7, 11) is 0. The van der Waals surface area contributed by atoms with Crippen LogP contribution in [0, 0.1) is 6.92 Å². The van der Waals surface area contributed by atoms with E-state index in [4.69, 9.17) is 0 Å². The molecule has 0 unspecified atom stereocenters. The summed E-state index contributed by atoms with van der Waals surface area (Å²) >= 11 is 3.35. The molecule has 0 fully saturated rings. The van der Waals surface area contributed by atoms with Crippen molar-refractivity contribution in [3.05, 3.63) is 75.4 Å². The highest BCUT2D eigenvalue weighted by atomic mass is 79.9. The number of hydrogen-bond donors (Lipinski definition) is 0. The number of aryl methyl sites for hydroxylation is 1. The van der Waals surface area contributed by atoms with Gasteiger partial charge >= 0.3 is 0 Å². The van der Waals surface area contributed by atoms with Crippen LogP contribution in [0.25, 0.3) is 10.9 Å². The number of aromatic nitrogens is 1. The molecule has 0 radical (unpaired) electrons. The highest BCUT2D eigenvalue weighted by molar-refractivity contribution is 9.10. The van der Waals surface area contributed by atoms with E-state index in [-0.39, 0.29) is 11.6 Å². The number of ketones is 2. The van der Waals surface area contributed by atoms with E-state index in [1.807, 2.05) is 31.2 Å². The Bertz CT molecular complexity index is 994. The Hall–Kier alpha value is -2.33. The summed E-state index contributed by atoms with van der Waals surface area (Å²) in [6, 6.07) is 14.8. The first-order valence-electron chi connectivity index (χ1n) is 7.30. The molecule has 0 saturated carbocycles. The Balaban J connectivity index is 1.84. The van der Waals surface area contributed by atoms with Crippen LogP contribution in [0.4, 0.5) is 0 Å². The molecule has 1 aromatic heterocycles. The number of rotatable bonds is 1. The number of fused-ring (bicyclic) bond motifs is 2. The Morgan fingerprint density at radius 1 is 0.913 bits per heavy atom. The molecule has 1 heterocycles. The number of nitrogens with zero attached hydrogens (tertiary/aromatic N) is 1. The average Bonchev–Trinajstić information content (AvgIpc) is 2.78. The molecule has 112 valence electrons. The van der Waals surface area contributed by atoms with Crippen molar-refractivity contribution in [1.82, 2.24) is 4.98 Å². The highest BCUT2D eigenvalue weighted by Gasteiger charge is 2.40. The van der Waals surface area contributed by atoms with Crippen LogP contribution in [-0.2, 0) is 0 Å². The standard InChI is InChI=1S/C19H12BrNO2/c1-10-2-6-15-11(8-10)3-7-16(21-15)17-18(22)13-5-4-12(20)9-14(13)19(17)23/h2-9,17H,1H3/t17-/m0/s1. The summed E-state index contributed by atoms with van der Waals surface area (Å²) in [4.78, 5) is 29.9. The maximum absolute atomic E-state index is 12.7. The lowest BCUT2D eigenvalue weighted by molar-refractivity contribution is 0.0888. The topological polar surface area (TPSA) is 47.0 Å². The number of benzene rings is 2. The number of carbonyl (C=O) groups is 2. The second kappa shape index (κ2) is 5.10. The van der Waals surface area contributed by atoms with Gasteiger partial charge in [-0.25, -0.2) is 0 Å². The molecule has 1 aliphatic rings. The minimum absolute atomic E-state index is 0.170. The van der Waals surface area contributed by atoms with Gasteiger partial charge in [0.2, 0.25) is 0 Å². The van der Waals surface area contributed by atoms with Gasteiger partial charge in [0.25, 0.3) is 0 Å². The van der Waals surface area contributed by atoms with E-state index in [0.717, 1.165) is 20.9 Å². The van der Waals surface area contributed by atoms with Gasteiger partial charge < -0.3 is 0 Å². The van der Waals surface area contributed by atoms with Gasteiger partial charge in [0.1, 0.15) is 5.92 Å². The Kier molecular flexibility index (Phi) is 3.16. The molecule has 23 heavy (non-hydrogen) atoms. The maximum atomic E-state index is 12.7. The molecule has 4 heteroatoms. The van der Waals surface area contributed by atoms with Crippen LogP contribution < -0.4 is 0 Å². The molecule has 1 aliphatic carbocycles. The van der Waals surface area contributed by atoms with E-state index >= 15 is 0 Å². The zero-order valence-electron chi connectivity index (χ0n) is 12.3. The zero-order valence-corrected chi connectivity index (χ0v) is 13.9. The van der Waals surface area contributed by atoms with E-state index in [0.29, 0.717) is 16.8 Å². The van der Waals surface area contributed by atoms with Crippen LogP contribution in [0.3, 0.4) is 0 Å². The van der Waals surface area contributed by atoms with Crippen LogP contribution in [0.2, 0.25) is 0 Å². The SMILES string of the molecule is Cc1ccc2nc([C@H]3C(=O)c4ccc(Br)cc4C3=O)ccc2c1. The lowest BCUT2D eigenvalue weighted by Gasteiger charge is -2.08. The molecule has 0 saturated heterocycles. The molecule has 2 aromatic carbocycles. The van der Waals surface area contributed by atoms with Crippen molar-refractivity contribution in [1.29, 1.82) is 0 Å². The number of Topliss-reactive ketones (excluding diaryl/α,β-unsaturated/α-hetero) is 2. The smallest absolute Gasteiger partial charge is 0.180 e. The monoisotopic (exact) mass is 365 g/mol. The summed E-state index contributed by atoms with van der Waals surface area (Å²) in [5.41, 5.74) is 3.42. The zero-order chi connectivity index (χ0) is 16.1. The predicted octanol–water partition coefficient (Wildman–Crippen LogP) is 4.47. The second-order valence-electron chi connectivity index (χ2n) is 5.78. The van der Waals surface area contributed by atoms with Crippen molar-refractivity contribution in [2.75, 3.05) is 0 Å². The van der Waals surface area contributed by atoms with Gasteiger partial charge in [0, 0.05) is 21.0 Å². The van der Waals surface area contributed by atoms with Crippen LogP contribution >= 0.6 is 15.9 Å². The molecule has 4 rings (SSSR count). The van der Waals surface area contributed by atoms with Gasteiger partial charge in [-0.05, 0) is 43.3 Å². The molecular formula is C19H12BrNO2. The molecule has 0 spiro atoms. The van der Waals surface area contributed by atoms with Crippen molar-refractivity contribution in [3.8, 4) is 0 Å². The fourth-order valence-corrected chi connectivity index (χ4v) is 3.42. The van der Waals surface area contributed by atoms with Crippen molar-refractivity contribution in [2.45, 2.75) is 12.8 Å². The number of halogens is 1. The largest absolute Gasteiger partial charge is 0.293 e. The molecule has 0 amide bonds. The summed E-state index contributed by atoms with van der Waals surface area (Å²) in [5.74, 6) is -1.17. The summed E-state index contributed by atoms with van der Waals surface area (Å²) < 4.78 is 0.792. The van der Waals surface area contributed by atoms with Crippen molar-refractivity contribution in [3.63, 3.8) is 0 Å². The summed E-state index contributed by atoms with van der Waals surface area (Å²) in [5, 5.41) is 1.01. The van der Waals surface area contributed by atoms with Gasteiger partial charge in [-0.15, -0.1) is 0 Å². The first kappa shape index (κ1) is 14.3. The van der Waals surface area contributed by atoms with Crippen LogP contribution in [0.5, 0.6) is 0 Å². The minimum Gasteiger partial charge on any atom is -0.293 e. The normalized spacial score (nSPS) is 16.9. The van der Waals surface area contributed by atoms with Crippen molar-refractivity contribution >= 4 is 38.4 Å². The highest BCUT2D eigenvalue weighted by Crippen LogP contribution is 2.35. The Morgan fingerprint density at radius 2 is 1.70 bits per heavy atom. The van der Waals surface area contributed by atoms with Crippen LogP contribution in [-0.4, -0.2) is 16.6 Å². The molecule has 0 aliphatic heterocycles. The molecule has 3 aromatic rings. The quantitative estimate of drug-likeness (QED) is 0.597. The van der Waals surface area contributed by atoms with E-state index in [2.05, 4.69) is 20.9 Å². The molecular weight excluding hydrogens is 354 g/mol. The van der Waals surface area contributed by atoms with Crippen LogP contribution in [0.15, 0.2) is 53.0 Å². The Morgan fingerprint density at radius 3 is 2.52 bits per heavy atom. The number of pyridine rings is 1. The van der Waals surface area contributed by atoms with Gasteiger partial charge in [0.15, 0.2) is 11.6 Å². The summed E-state index contributed by atoms with van der Waals surface area (Å²) in [6.45, 7) is 2.02. The molecule has 1 atom stereocenters. The average molecular weight is 366 g/mol. The van der Waals surface area contributed by atoms with Crippen molar-refractivity contribution < 1.29 is 9.59 Å². The second-order valence-corrected chi connectivity index (χ2v) is 6.70. The third kappa shape index (κ3) is 2.21. The predicted molar refractivity (Wildman–Crippen MR) is 92.0 cm³/mol. The lowest BCUT2D eigenvalue weighted by atomic mass is 9.98. The van der Waals surface area contributed by atoms with Crippen molar-refractivity contribution in [2.24, 2.45) is 0 Å². The fraction of sp³-hybridized carbons (Fsp3) is 0.105.